The molecule has 0 bridgehead atoms. The Morgan fingerprint density at radius 1 is 1.25 bits per heavy atom. The van der Waals surface area contributed by atoms with Crippen molar-refractivity contribution < 1.29 is 19.0 Å². The third-order valence-corrected chi connectivity index (χ3v) is 8.03. The van der Waals surface area contributed by atoms with Gasteiger partial charge in [0, 0.05) is 22.8 Å². The van der Waals surface area contributed by atoms with Gasteiger partial charge in [-0.05, 0) is 69.7 Å². The van der Waals surface area contributed by atoms with Gasteiger partial charge in [-0.3, -0.25) is 0 Å². The number of carbonyl (C=O) groups is 1. The predicted octanol–water partition coefficient (Wildman–Crippen LogP) is 4.68. The molecule has 0 unspecified atom stereocenters. The van der Waals surface area contributed by atoms with Gasteiger partial charge in [-0.1, -0.05) is 19.6 Å². The molecule has 6 nitrogen and oxygen atoms in total. The first kappa shape index (κ1) is 23.2. The van der Waals surface area contributed by atoms with Crippen LogP contribution in [0.5, 0.6) is 5.75 Å². The van der Waals surface area contributed by atoms with Crippen LogP contribution in [0.15, 0.2) is 18.2 Å². The fourth-order valence-corrected chi connectivity index (χ4v) is 5.94. The van der Waals surface area contributed by atoms with Crippen molar-refractivity contribution in [3.8, 4) is 5.75 Å². The number of ether oxygens (including phenoxy) is 3. The molecule has 2 heterocycles. The number of carbonyl (C=O) groups excluding carboxylic acids is 1. The van der Waals surface area contributed by atoms with E-state index in [-0.39, 0.29) is 12.1 Å². The van der Waals surface area contributed by atoms with Crippen LogP contribution in [-0.4, -0.2) is 62.1 Å². The molecule has 176 valence electrons. The Morgan fingerprint density at radius 2 is 2.00 bits per heavy atom. The van der Waals surface area contributed by atoms with Crippen molar-refractivity contribution in [2.24, 2.45) is 5.92 Å². The van der Waals surface area contributed by atoms with E-state index in [1.54, 1.807) is 0 Å². The summed E-state index contributed by atoms with van der Waals surface area (Å²) in [5.74, 6) is 1.64. The van der Waals surface area contributed by atoms with Crippen molar-refractivity contribution in [2.75, 3.05) is 26.4 Å². The predicted molar refractivity (Wildman–Crippen MR) is 131 cm³/mol. The van der Waals surface area contributed by atoms with Crippen LogP contribution in [0, 0.1) is 5.92 Å². The molecular weight excluding hydrogens is 420 g/mol. The van der Waals surface area contributed by atoms with Crippen molar-refractivity contribution in [3.05, 3.63) is 23.8 Å². The second-order valence-corrected chi connectivity index (χ2v) is 16.3. The average Bonchev–Trinajstić information content (AvgIpc) is 3.46. The minimum absolute atomic E-state index is 0.0521. The van der Waals surface area contributed by atoms with Crippen LogP contribution < -0.4 is 10.1 Å². The number of fused-ring (bicyclic) bond motifs is 1. The molecule has 2 aliphatic rings. The van der Waals surface area contributed by atoms with Gasteiger partial charge in [0.15, 0.2) is 0 Å². The zero-order valence-corrected chi connectivity index (χ0v) is 21.4. The summed E-state index contributed by atoms with van der Waals surface area (Å²) in [7, 11) is -1.65. The number of H-pyrrole nitrogens is 1. The zero-order chi connectivity index (χ0) is 23.1. The first-order chi connectivity index (χ1) is 15.0. The number of hydrogen-bond acceptors (Lipinski definition) is 4. The number of aromatic nitrogens is 1. The highest BCUT2D eigenvalue weighted by Crippen LogP contribution is 2.31. The topological polar surface area (TPSA) is 63.8 Å². The van der Waals surface area contributed by atoms with E-state index < -0.39 is 13.7 Å². The van der Waals surface area contributed by atoms with Crippen LogP contribution in [0.3, 0.4) is 0 Å². The van der Waals surface area contributed by atoms with Crippen molar-refractivity contribution in [1.29, 1.82) is 0 Å². The summed E-state index contributed by atoms with van der Waals surface area (Å²) in [6.45, 7) is 15.2. The summed E-state index contributed by atoms with van der Waals surface area (Å²) in [5, 5.41) is 2.53. The molecule has 32 heavy (non-hydrogen) atoms. The summed E-state index contributed by atoms with van der Waals surface area (Å²) in [6, 6.07) is 6.32. The molecule has 2 aromatic rings. The Morgan fingerprint density at radius 3 is 2.66 bits per heavy atom. The van der Waals surface area contributed by atoms with E-state index in [2.05, 4.69) is 42.8 Å². The van der Waals surface area contributed by atoms with E-state index in [9.17, 15) is 4.79 Å². The minimum Gasteiger partial charge on any atom is -0.493 e. The summed E-state index contributed by atoms with van der Waals surface area (Å²) in [4.78, 5) is 18.5. The number of amides is 1. The first-order valence-corrected chi connectivity index (χ1v) is 15.4. The van der Waals surface area contributed by atoms with Gasteiger partial charge >= 0.3 is 6.09 Å². The Balaban J connectivity index is 1.65. The third-order valence-electron chi connectivity index (χ3n) is 6.11. The molecule has 1 saturated heterocycles. The maximum atomic E-state index is 12.9. The van der Waals surface area contributed by atoms with E-state index in [0.29, 0.717) is 19.8 Å². The number of morpholine rings is 1. The number of nitrogens with one attached hydrogen (secondary N) is 1. The van der Waals surface area contributed by atoms with E-state index in [4.69, 9.17) is 14.2 Å². The molecule has 1 atom stereocenters. The van der Waals surface area contributed by atoms with E-state index >= 15 is 0 Å². The van der Waals surface area contributed by atoms with Crippen molar-refractivity contribution in [1.82, 2.24) is 9.88 Å². The van der Waals surface area contributed by atoms with Gasteiger partial charge < -0.3 is 24.1 Å². The highest BCUT2D eigenvalue weighted by molar-refractivity contribution is 6.88. The van der Waals surface area contributed by atoms with E-state index in [0.717, 1.165) is 30.2 Å². The van der Waals surface area contributed by atoms with Gasteiger partial charge in [0.2, 0.25) is 0 Å². The van der Waals surface area contributed by atoms with Gasteiger partial charge in [0.05, 0.1) is 33.9 Å². The monoisotopic (exact) mass is 458 g/mol. The Kier molecular flexibility index (Phi) is 6.33. The highest BCUT2D eigenvalue weighted by Gasteiger charge is 2.34. The molecule has 0 radical (unpaired) electrons. The average molecular weight is 459 g/mol. The molecule has 1 aliphatic carbocycles. The van der Waals surface area contributed by atoms with E-state index in [1.807, 2.05) is 25.7 Å². The van der Waals surface area contributed by atoms with Crippen LogP contribution in [0.1, 0.15) is 39.2 Å². The van der Waals surface area contributed by atoms with Crippen molar-refractivity contribution in [3.63, 3.8) is 0 Å². The van der Waals surface area contributed by atoms with Gasteiger partial charge in [-0.2, -0.15) is 0 Å². The fraction of sp³-hybridized carbons (Fsp3) is 0.640. The van der Waals surface area contributed by atoms with Crippen LogP contribution in [0.25, 0.3) is 10.9 Å². The standard InChI is InChI=1S/C25H38N2O4Si/c1-25(2,3)31-24(28)27-11-12-29-16-18(27)13-21-20-14-19(30-15-17-7-8-17)9-10-22(20)26-23(21)32(4,5)6/h9-10,14,17-18,26H,7-8,11-13,15-16H2,1-6H3/t18-/m0/s1. The molecule has 1 aromatic heterocycles. The first-order valence-electron chi connectivity index (χ1n) is 11.9. The molecule has 1 aliphatic heterocycles. The lowest BCUT2D eigenvalue weighted by Crippen LogP contribution is -2.52. The number of benzene rings is 1. The SMILES string of the molecule is CC(C)(C)OC(=O)N1CCOC[C@@H]1Cc1c([Si](C)(C)C)[nH]c2ccc(OCC3CC3)cc12. The highest BCUT2D eigenvalue weighted by atomic mass is 28.3. The lowest BCUT2D eigenvalue weighted by molar-refractivity contribution is -0.0318. The summed E-state index contributed by atoms with van der Waals surface area (Å²) < 4.78 is 17.6. The summed E-state index contributed by atoms with van der Waals surface area (Å²) in [6.07, 6.45) is 3.04. The molecule has 1 amide bonds. The lowest BCUT2D eigenvalue weighted by Gasteiger charge is -2.37. The van der Waals surface area contributed by atoms with E-state index in [1.165, 1.54) is 29.1 Å². The molecule has 1 aromatic carbocycles. The Bertz CT molecular complexity index is 969. The van der Waals surface area contributed by atoms with Crippen LogP contribution in [0.2, 0.25) is 19.6 Å². The van der Waals surface area contributed by atoms with Crippen LogP contribution in [-0.2, 0) is 15.9 Å². The summed E-state index contributed by atoms with van der Waals surface area (Å²) in [5.41, 5.74) is 1.91. The number of rotatable bonds is 6. The Labute approximate surface area is 192 Å². The molecule has 0 spiro atoms. The quantitative estimate of drug-likeness (QED) is 0.639. The maximum Gasteiger partial charge on any atom is 0.410 e. The lowest BCUT2D eigenvalue weighted by atomic mass is 10.0. The number of hydrogen-bond donors (Lipinski definition) is 1. The number of nitrogens with zero attached hydrogens (tertiary/aromatic N) is 1. The van der Waals surface area contributed by atoms with Crippen molar-refractivity contribution >= 4 is 30.4 Å². The largest absolute Gasteiger partial charge is 0.493 e. The molecular formula is C25H38N2O4Si. The van der Waals surface area contributed by atoms with Gasteiger partial charge in [-0.15, -0.1) is 0 Å². The maximum absolute atomic E-state index is 12.9. The van der Waals surface area contributed by atoms with Gasteiger partial charge in [0.1, 0.15) is 11.4 Å². The fourth-order valence-electron chi connectivity index (χ4n) is 4.29. The molecule has 7 heteroatoms. The zero-order valence-electron chi connectivity index (χ0n) is 20.4. The summed E-state index contributed by atoms with van der Waals surface area (Å²) >= 11 is 0. The second-order valence-electron chi connectivity index (χ2n) is 11.3. The third kappa shape index (κ3) is 5.49. The van der Waals surface area contributed by atoms with Crippen LogP contribution in [0.4, 0.5) is 4.79 Å². The van der Waals surface area contributed by atoms with Gasteiger partial charge in [0.25, 0.3) is 0 Å². The molecule has 2 fully saturated rings. The minimum atomic E-state index is -1.65. The second kappa shape index (κ2) is 8.75. The van der Waals surface area contributed by atoms with Crippen LogP contribution >= 0.6 is 0 Å². The van der Waals surface area contributed by atoms with Crippen molar-refractivity contribution in [2.45, 2.75) is 71.3 Å². The number of aromatic amines is 1. The normalized spacial score (nSPS) is 19.9. The van der Waals surface area contributed by atoms with Gasteiger partial charge in [-0.25, -0.2) is 4.79 Å². The molecule has 4 rings (SSSR count). The molecule has 1 N–H and O–H groups in total. The molecule has 1 saturated carbocycles. The Hall–Kier alpha value is -1.99. The smallest absolute Gasteiger partial charge is 0.410 e.